The van der Waals surface area contributed by atoms with Gasteiger partial charge in [-0.2, -0.15) is 0 Å². The Bertz CT molecular complexity index is 1350. The fourth-order valence-corrected chi connectivity index (χ4v) is 4.52. The van der Waals surface area contributed by atoms with E-state index in [0.717, 1.165) is 22.8 Å². The molecule has 0 saturated carbocycles. The van der Waals surface area contributed by atoms with Crippen LogP contribution >= 0.6 is 0 Å². The Kier molecular flexibility index (Phi) is 8.13. The van der Waals surface area contributed by atoms with Gasteiger partial charge in [-0.1, -0.05) is 72.8 Å². The predicted octanol–water partition coefficient (Wildman–Crippen LogP) is 5.50. The van der Waals surface area contributed by atoms with E-state index in [4.69, 9.17) is 9.47 Å². The molecule has 5 nitrogen and oxygen atoms in total. The molecule has 0 atom stereocenters. The molecule has 7 heteroatoms. The number of rotatable bonds is 11. The summed E-state index contributed by atoms with van der Waals surface area (Å²) in [5.41, 5.74) is 2.94. The largest absolute Gasteiger partial charge is 0.485 e. The maximum absolute atomic E-state index is 13.4. The number of ether oxygens (including phenoxy) is 2. The average molecular weight is 492 g/mol. The molecule has 4 rings (SSSR count). The molecule has 0 radical (unpaired) electrons. The minimum atomic E-state index is -3.80. The molecule has 0 unspecified atom stereocenters. The van der Waals surface area contributed by atoms with E-state index in [1.54, 1.807) is 0 Å². The molecule has 4 aromatic rings. The Morgan fingerprint density at radius 1 is 0.657 bits per heavy atom. The van der Waals surface area contributed by atoms with Crippen molar-refractivity contribution in [2.75, 3.05) is 6.54 Å². The molecule has 0 aliphatic rings. The summed E-state index contributed by atoms with van der Waals surface area (Å²) in [5.74, 6) is 0.586. The summed E-state index contributed by atoms with van der Waals surface area (Å²) in [7, 11) is -3.80. The van der Waals surface area contributed by atoms with Crippen molar-refractivity contribution in [1.29, 1.82) is 0 Å². The van der Waals surface area contributed by atoms with E-state index in [1.165, 1.54) is 18.2 Å². The standard InChI is InChI=1S/C28H26FNO4S/c29-25-12-7-13-26(19-25)35(31,32)30-17-16-22-14-15-27(33-20-23-8-3-1-4-9-23)28(18-22)34-21-24-10-5-2-6-11-24/h1-15,18-19,30H,16-17,20-21H2. The number of benzene rings is 4. The van der Waals surface area contributed by atoms with Crippen LogP contribution in [0.3, 0.4) is 0 Å². The van der Waals surface area contributed by atoms with Crippen LogP contribution in [0.15, 0.2) is 108 Å². The van der Waals surface area contributed by atoms with Crippen molar-refractivity contribution in [3.05, 3.63) is 126 Å². The van der Waals surface area contributed by atoms with Gasteiger partial charge in [0.2, 0.25) is 10.0 Å². The third kappa shape index (κ3) is 7.15. The summed E-state index contributed by atoms with van der Waals surface area (Å²) in [6, 6.07) is 30.2. The predicted molar refractivity (Wildman–Crippen MR) is 133 cm³/mol. The van der Waals surface area contributed by atoms with Gasteiger partial charge < -0.3 is 9.47 Å². The van der Waals surface area contributed by atoms with Crippen LogP contribution in [0.1, 0.15) is 16.7 Å². The first-order chi connectivity index (χ1) is 17.0. The van der Waals surface area contributed by atoms with Crippen LogP contribution in [-0.2, 0) is 29.7 Å². The molecule has 0 aliphatic carbocycles. The molecule has 0 heterocycles. The second-order valence-corrected chi connectivity index (χ2v) is 9.70. The SMILES string of the molecule is O=S(=O)(NCCc1ccc(OCc2ccccc2)c(OCc2ccccc2)c1)c1cccc(F)c1. The molecular formula is C28H26FNO4S. The van der Waals surface area contributed by atoms with Crippen LogP contribution in [0.4, 0.5) is 4.39 Å². The molecule has 180 valence electrons. The molecule has 35 heavy (non-hydrogen) atoms. The highest BCUT2D eigenvalue weighted by Gasteiger charge is 2.14. The van der Waals surface area contributed by atoms with Gasteiger partial charge in [-0.3, -0.25) is 0 Å². The molecule has 0 saturated heterocycles. The van der Waals surface area contributed by atoms with Crippen molar-refractivity contribution < 1.29 is 22.3 Å². The summed E-state index contributed by atoms with van der Waals surface area (Å²) in [4.78, 5) is -0.103. The van der Waals surface area contributed by atoms with Crippen LogP contribution in [0, 0.1) is 5.82 Å². The zero-order valence-corrected chi connectivity index (χ0v) is 19.9. The van der Waals surface area contributed by atoms with Gasteiger partial charge >= 0.3 is 0 Å². The first kappa shape index (κ1) is 24.4. The lowest BCUT2D eigenvalue weighted by Gasteiger charge is -2.15. The minimum Gasteiger partial charge on any atom is -0.485 e. The lowest BCUT2D eigenvalue weighted by molar-refractivity contribution is 0.255. The van der Waals surface area contributed by atoms with Crippen LogP contribution in [0.2, 0.25) is 0 Å². The van der Waals surface area contributed by atoms with E-state index in [1.807, 2.05) is 78.9 Å². The summed E-state index contributed by atoms with van der Waals surface area (Å²) in [6.45, 7) is 0.925. The Hall–Kier alpha value is -3.68. The maximum Gasteiger partial charge on any atom is 0.240 e. The summed E-state index contributed by atoms with van der Waals surface area (Å²) in [6.07, 6.45) is 0.426. The van der Waals surface area contributed by atoms with Gasteiger partial charge in [0.15, 0.2) is 11.5 Å². The highest BCUT2D eigenvalue weighted by Crippen LogP contribution is 2.30. The molecule has 4 aromatic carbocycles. The molecule has 1 N–H and O–H groups in total. The zero-order chi connectivity index (χ0) is 24.5. The van der Waals surface area contributed by atoms with Crippen molar-refractivity contribution in [1.82, 2.24) is 4.72 Å². The quantitative estimate of drug-likeness (QED) is 0.301. The minimum absolute atomic E-state index is 0.103. The Morgan fingerprint density at radius 3 is 1.91 bits per heavy atom. The fraction of sp³-hybridized carbons (Fsp3) is 0.143. The first-order valence-corrected chi connectivity index (χ1v) is 12.7. The van der Waals surface area contributed by atoms with E-state index >= 15 is 0 Å². The fourth-order valence-electron chi connectivity index (χ4n) is 3.46. The topological polar surface area (TPSA) is 64.6 Å². The average Bonchev–Trinajstić information content (AvgIpc) is 2.88. The van der Waals surface area contributed by atoms with Gasteiger partial charge in [-0.15, -0.1) is 0 Å². The highest BCUT2D eigenvalue weighted by atomic mass is 32.2. The zero-order valence-electron chi connectivity index (χ0n) is 19.1. The second kappa shape index (κ2) is 11.6. The number of sulfonamides is 1. The molecule has 0 aliphatic heterocycles. The Balaban J connectivity index is 1.44. The molecular weight excluding hydrogens is 465 g/mol. The first-order valence-electron chi connectivity index (χ1n) is 11.2. The van der Waals surface area contributed by atoms with E-state index in [0.29, 0.717) is 31.1 Å². The van der Waals surface area contributed by atoms with Crippen molar-refractivity contribution in [3.8, 4) is 11.5 Å². The number of nitrogens with one attached hydrogen (secondary N) is 1. The third-order valence-electron chi connectivity index (χ3n) is 5.29. The van der Waals surface area contributed by atoms with Crippen LogP contribution in [0.5, 0.6) is 11.5 Å². The summed E-state index contributed by atoms with van der Waals surface area (Å²) < 4.78 is 52.9. The summed E-state index contributed by atoms with van der Waals surface area (Å²) in [5, 5.41) is 0. The van der Waals surface area contributed by atoms with Crippen molar-refractivity contribution in [3.63, 3.8) is 0 Å². The number of hydrogen-bond acceptors (Lipinski definition) is 4. The molecule has 0 fully saturated rings. The van der Waals surface area contributed by atoms with Crippen molar-refractivity contribution >= 4 is 10.0 Å². The Labute approximate surface area is 205 Å². The molecule has 0 aromatic heterocycles. The van der Waals surface area contributed by atoms with Crippen LogP contribution in [-0.4, -0.2) is 15.0 Å². The molecule has 0 bridgehead atoms. The van der Waals surface area contributed by atoms with Gasteiger partial charge in [-0.05, 0) is 53.4 Å². The van der Waals surface area contributed by atoms with E-state index < -0.39 is 15.8 Å². The van der Waals surface area contributed by atoms with E-state index in [9.17, 15) is 12.8 Å². The lowest BCUT2D eigenvalue weighted by Crippen LogP contribution is -2.26. The molecule has 0 amide bonds. The third-order valence-corrected chi connectivity index (χ3v) is 6.75. The van der Waals surface area contributed by atoms with Gasteiger partial charge in [0.05, 0.1) is 4.90 Å². The highest BCUT2D eigenvalue weighted by molar-refractivity contribution is 7.89. The van der Waals surface area contributed by atoms with Gasteiger partial charge in [0.1, 0.15) is 19.0 Å². The van der Waals surface area contributed by atoms with Crippen LogP contribution in [0.25, 0.3) is 0 Å². The van der Waals surface area contributed by atoms with Crippen molar-refractivity contribution in [2.45, 2.75) is 24.5 Å². The lowest BCUT2D eigenvalue weighted by atomic mass is 10.1. The summed E-state index contributed by atoms with van der Waals surface area (Å²) >= 11 is 0. The monoisotopic (exact) mass is 491 g/mol. The van der Waals surface area contributed by atoms with Gasteiger partial charge in [0.25, 0.3) is 0 Å². The van der Waals surface area contributed by atoms with E-state index in [-0.39, 0.29) is 11.4 Å². The van der Waals surface area contributed by atoms with Gasteiger partial charge in [-0.25, -0.2) is 17.5 Å². The number of hydrogen-bond donors (Lipinski definition) is 1. The van der Waals surface area contributed by atoms with Crippen LogP contribution < -0.4 is 14.2 Å². The number of halogens is 1. The Morgan fingerprint density at radius 2 is 1.29 bits per heavy atom. The van der Waals surface area contributed by atoms with E-state index in [2.05, 4.69) is 4.72 Å². The normalized spacial score (nSPS) is 11.2. The molecule has 0 spiro atoms. The maximum atomic E-state index is 13.4. The van der Waals surface area contributed by atoms with Crippen molar-refractivity contribution in [2.24, 2.45) is 0 Å². The second-order valence-electron chi connectivity index (χ2n) is 7.93. The smallest absolute Gasteiger partial charge is 0.240 e. The van der Waals surface area contributed by atoms with Gasteiger partial charge in [0, 0.05) is 6.54 Å².